The Kier molecular flexibility index (Phi) is 4.79. The highest BCUT2D eigenvalue weighted by molar-refractivity contribution is 5.80. The van der Waals surface area contributed by atoms with E-state index in [1.165, 1.54) is 0 Å². The summed E-state index contributed by atoms with van der Waals surface area (Å²) in [6, 6.07) is 10.5. The molecule has 4 heteroatoms. The van der Waals surface area contributed by atoms with Crippen molar-refractivity contribution in [2.24, 2.45) is 5.92 Å². The molecule has 2 saturated heterocycles. The molecule has 3 rings (SSSR count). The molecule has 0 spiro atoms. The quantitative estimate of drug-likeness (QED) is 0.912. The van der Waals surface area contributed by atoms with Gasteiger partial charge in [-0.05, 0) is 38.8 Å². The van der Waals surface area contributed by atoms with E-state index in [4.69, 9.17) is 4.74 Å². The predicted octanol–water partition coefficient (Wildman–Crippen LogP) is 2.36. The zero-order valence-corrected chi connectivity index (χ0v) is 13.5. The fourth-order valence-electron chi connectivity index (χ4n) is 3.72. The Morgan fingerprint density at radius 3 is 2.73 bits per heavy atom. The summed E-state index contributed by atoms with van der Waals surface area (Å²) in [7, 11) is 0. The molecule has 0 saturated carbocycles. The third-order valence-corrected chi connectivity index (χ3v) is 4.90. The molecular weight excluding hydrogens is 276 g/mol. The zero-order chi connectivity index (χ0) is 15.5. The lowest BCUT2D eigenvalue weighted by atomic mass is 9.93. The van der Waals surface area contributed by atoms with Crippen LogP contribution in [0.1, 0.15) is 38.4 Å². The number of benzene rings is 1. The van der Waals surface area contributed by atoms with E-state index < -0.39 is 0 Å². The second-order valence-electron chi connectivity index (χ2n) is 6.54. The molecule has 120 valence electrons. The number of carbonyl (C=O) groups is 1. The third kappa shape index (κ3) is 3.03. The first-order valence-corrected chi connectivity index (χ1v) is 8.38. The summed E-state index contributed by atoms with van der Waals surface area (Å²) < 4.78 is 6.05. The fourth-order valence-corrected chi connectivity index (χ4v) is 3.72. The van der Waals surface area contributed by atoms with Crippen molar-refractivity contribution in [3.8, 4) is 0 Å². The van der Waals surface area contributed by atoms with Crippen molar-refractivity contribution in [2.75, 3.05) is 19.7 Å². The van der Waals surface area contributed by atoms with Crippen LogP contribution in [0.5, 0.6) is 0 Å². The Bertz CT molecular complexity index is 499. The number of nitrogens with one attached hydrogen (secondary N) is 1. The van der Waals surface area contributed by atoms with Crippen LogP contribution in [0.15, 0.2) is 30.3 Å². The molecule has 1 N–H and O–H groups in total. The molecule has 2 heterocycles. The Balaban J connectivity index is 1.78. The van der Waals surface area contributed by atoms with Gasteiger partial charge >= 0.3 is 0 Å². The van der Waals surface area contributed by atoms with Gasteiger partial charge in [0.15, 0.2) is 0 Å². The van der Waals surface area contributed by atoms with Gasteiger partial charge in [-0.1, -0.05) is 30.3 Å². The molecule has 0 aromatic heterocycles. The molecule has 1 aromatic carbocycles. The highest BCUT2D eigenvalue weighted by Gasteiger charge is 2.39. The minimum Gasteiger partial charge on any atom is -0.369 e. The van der Waals surface area contributed by atoms with Crippen LogP contribution in [-0.2, 0) is 9.53 Å². The van der Waals surface area contributed by atoms with Crippen LogP contribution in [0.3, 0.4) is 0 Å². The number of morpholine rings is 1. The Morgan fingerprint density at radius 1 is 1.27 bits per heavy atom. The minimum absolute atomic E-state index is 0.0297. The average Bonchev–Trinajstić information content (AvgIpc) is 2.56. The lowest BCUT2D eigenvalue weighted by molar-refractivity contribution is -0.158. The minimum atomic E-state index is -0.0297. The second-order valence-corrected chi connectivity index (χ2v) is 6.54. The standard InChI is InChI=1S/C18H26N2O2/c1-13-12-22-17(15-7-4-3-5-8-15)14(2)20(13)18(21)16-9-6-10-19-11-16/h3-5,7-8,13-14,16-17,19H,6,9-12H2,1-2H3/t13-,14-,16+,17+/m1/s1. The number of ether oxygens (including phenoxy) is 1. The molecule has 1 aromatic rings. The van der Waals surface area contributed by atoms with Crippen LogP contribution in [-0.4, -0.2) is 42.6 Å². The van der Waals surface area contributed by atoms with Gasteiger partial charge in [-0.25, -0.2) is 0 Å². The molecular formula is C18H26N2O2. The summed E-state index contributed by atoms with van der Waals surface area (Å²) in [5.41, 5.74) is 1.15. The van der Waals surface area contributed by atoms with Crippen LogP contribution >= 0.6 is 0 Å². The van der Waals surface area contributed by atoms with Crippen LogP contribution in [0, 0.1) is 5.92 Å². The Morgan fingerprint density at radius 2 is 2.05 bits per heavy atom. The molecule has 4 atom stereocenters. The van der Waals surface area contributed by atoms with Crippen molar-refractivity contribution >= 4 is 5.91 Å². The van der Waals surface area contributed by atoms with Crippen molar-refractivity contribution < 1.29 is 9.53 Å². The highest BCUT2D eigenvalue weighted by Crippen LogP contribution is 2.32. The largest absolute Gasteiger partial charge is 0.369 e. The lowest BCUT2D eigenvalue weighted by Gasteiger charge is -2.45. The summed E-state index contributed by atoms with van der Waals surface area (Å²) in [4.78, 5) is 15.0. The molecule has 22 heavy (non-hydrogen) atoms. The van der Waals surface area contributed by atoms with Crippen LogP contribution in [0.2, 0.25) is 0 Å². The van der Waals surface area contributed by atoms with Crippen molar-refractivity contribution in [1.29, 1.82) is 0 Å². The summed E-state index contributed by atoms with van der Waals surface area (Å²) in [6.45, 7) is 6.65. The van der Waals surface area contributed by atoms with Gasteiger partial charge < -0.3 is 15.0 Å². The normalized spacial score (nSPS) is 32.7. The van der Waals surface area contributed by atoms with Crippen molar-refractivity contribution in [2.45, 2.75) is 44.9 Å². The van der Waals surface area contributed by atoms with Crippen molar-refractivity contribution in [3.05, 3.63) is 35.9 Å². The predicted molar refractivity (Wildman–Crippen MR) is 86.5 cm³/mol. The maximum Gasteiger partial charge on any atom is 0.227 e. The molecule has 1 amide bonds. The number of nitrogens with zero attached hydrogens (tertiary/aromatic N) is 1. The lowest BCUT2D eigenvalue weighted by Crippen LogP contribution is -2.56. The van der Waals surface area contributed by atoms with E-state index in [2.05, 4.69) is 36.2 Å². The van der Waals surface area contributed by atoms with Gasteiger partial charge in [0.25, 0.3) is 0 Å². The van der Waals surface area contributed by atoms with Gasteiger partial charge in [0.1, 0.15) is 6.10 Å². The molecule has 4 nitrogen and oxygen atoms in total. The number of amides is 1. The Hall–Kier alpha value is -1.39. The summed E-state index contributed by atoms with van der Waals surface area (Å²) in [5.74, 6) is 0.407. The smallest absolute Gasteiger partial charge is 0.227 e. The van der Waals surface area contributed by atoms with Crippen LogP contribution < -0.4 is 5.32 Å². The topological polar surface area (TPSA) is 41.6 Å². The number of rotatable bonds is 2. The molecule has 2 fully saturated rings. The van der Waals surface area contributed by atoms with Crippen molar-refractivity contribution in [1.82, 2.24) is 10.2 Å². The van der Waals surface area contributed by atoms with E-state index in [1.807, 2.05) is 18.2 Å². The summed E-state index contributed by atoms with van der Waals surface area (Å²) in [6.07, 6.45) is 2.06. The van der Waals surface area contributed by atoms with E-state index >= 15 is 0 Å². The molecule has 0 bridgehead atoms. The van der Waals surface area contributed by atoms with Crippen molar-refractivity contribution in [3.63, 3.8) is 0 Å². The second kappa shape index (κ2) is 6.80. The molecule has 2 aliphatic heterocycles. The first-order valence-electron chi connectivity index (χ1n) is 8.38. The van der Waals surface area contributed by atoms with E-state index in [1.54, 1.807) is 0 Å². The number of hydrogen-bond donors (Lipinski definition) is 1. The molecule has 0 aliphatic carbocycles. The number of piperidine rings is 1. The summed E-state index contributed by atoms with van der Waals surface area (Å²) >= 11 is 0. The van der Waals surface area contributed by atoms with E-state index in [9.17, 15) is 4.79 Å². The molecule has 2 aliphatic rings. The van der Waals surface area contributed by atoms with E-state index in [-0.39, 0.29) is 30.0 Å². The average molecular weight is 302 g/mol. The maximum atomic E-state index is 13.0. The number of carbonyl (C=O) groups excluding carboxylic acids is 1. The first-order chi connectivity index (χ1) is 10.7. The van der Waals surface area contributed by atoms with E-state index in [0.717, 1.165) is 31.5 Å². The van der Waals surface area contributed by atoms with Gasteiger partial charge in [-0.3, -0.25) is 4.79 Å². The molecule has 0 unspecified atom stereocenters. The fraction of sp³-hybridized carbons (Fsp3) is 0.611. The van der Waals surface area contributed by atoms with Crippen LogP contribution in [0.25, 0.3) is 0 Å². The third-order valence-electron chi connectivity index (χ3n) is 4.90. The Labute approximate surface area is 132 Å². The first kappa shape index (κ1) is 15.5. The van der Waals surface area contributed by atoms with Gasteiger partial charge in [0.2, 0.25) is 5.91 Å². The van der Waals surface area contributed by atoms with Gasteiger partial charge in [-0.15, -0.1) is 0 Å². The maximum absolute atomic E-state index is 13.0. The highest BCUT2D eigenvalue weighted by atomic mass is 16.5. The zero-order valence-electron chi connectivity index (χ0n) is 13.5. The number of hydrogen-bond acceptors (Lipinski definition) is 3. The summed E-state index contributed by atoms with van der Waals surface area (Å²) in [5, 5.41) is 3.35. The van der Waals surface area contributed by atoms with Gasteiger partial charge in [0, 0.05) is 6.54 Å². The van der Waals surface area contributed by atoms with Gasteiger partial charge in [-0.2, -0.15) is 0 Å². The monoisotopic (exact) mass is 302 g/mol. The van der Waals surface area contributed by atoms with E-state index in [0.29, 0.717) is 6.61 Å². The van der Waals surface area contributed by atoms with Gasteiger partial charge in [0.05, 0.1) is 24.6 Å². The SMILES string of the molecule is C[C@@H]1CO[C@H](c2ccccc2)[C@@H](C)N1C(=O)[C@H]1CCCNC1. The van der Waals surface area contributed by atoms with Crippen LogP contribution in [0.4, 0.5) is 0 Å². The molecule has 0 radical (unpaired) electrons.